The van der Waals surface area contributed by atoms with Crippen LogP contribution >= 0.6 is 0 Å². The smallest absolute Gasteiger partial charge is 0.250 e. The van der Waals surface area contributed by atoms with Crippen LogP contribution in [0.2, 0.25) is 0 Å². The highest BCUT2D eigenvalue weighted by Crippen LogP contribution is 2.30. The van der Waals surface area contributed by atoms with Crippen LogP contribution in [0.25, 0.3) is 0 Å². The van der Waals surface area contributed by atoms with Crippen LogP contribution in [0.4, 0.5) is 0 Å². The molecule has 1 fully saturated rings. The molecule has 0 saturated heterocycles. The zero-order valence-electron chi connectivity index (χ0n) is 8.86. The minimum absolute atomic E-state index is 0.152. The summed E-state index contributed by atoms with van der Waals surface area (Å²) < 4.78 is 1.92. The molecule has 2 rings (SSSR count). The van der Waals surface area contributed by atoms with Crippen molar-refractivity contribution in [2.75, 3.05) is 0 Å². The molecule has 1 heterocycles. The summed E-state index contributed by atoms with van der Waals surface area (Å²) in [6, 6.07) is 4.12. The van der Waals surface area contributed by atoms with E-state index in [1.807, 2.05) is 16.8 Å². The second-order valence-electron chi connectivity index (χ2n) is 4.45. The lowest BCUT2D eigenvalue weighted by atomic mass is 9.92. The van der Waals surface area contributed by atoms with Gasteiger partial charge in [-0.2, -0.15) is 0 Å². The van der Waals surface area contributed by atoms with Crippen LogP contribution in [-0.4, -0.2) is 4.57 Å². The van der Waals surface area contributed by atoms with E-state index in [9.17, 15) is 4.79 Å². The van der Waals surface area contributed by atoms with Crippen molar-refractivity contribution in [2.45, 2.75) is 45.1 Å². The first kappa shape index (κ1) is 9.50. The average Bonchev–Trinajstić information content (AvgIpc) is 2.05. The third-order valence-electron chi connectivity index (χ3n) is 3.10. The summed E-state index contributed by atoms with van der Waals surface area (Å²) in [6.07, 6.45) is 5.64. The van der Waals surface area contributed by atoms with Crippen molar-refractivity contribution in [3.05, 3.63) is 34.2 Å². The molecule has 0 aromatic carbocycles. The maximum atomic E-state index is 11.6. The fourth-order valence-corrected chi connectivity index (χ4v) is 1.81. The van der Waals surface area contributed by atoms with E-state index in [0.29, 0.717) is 12.0 Å². The summed E-state index contributed by atoms with van der Waals surface area (Å²) in [5, 5.41) is 0. The summed E-state index contributed by atoms with van der Waals surface area (Å²) in [6.45, 7) is 4.32. The minimum Gasteiger partial charge on any atom is -0.312 e. The van der Waals surface area contributed by atoms with Crippen molar-refractivity contribution in [3.63, 3.8) is 0 Å². The predicted octanol–water partition coefficient (Wildman–Crippen LogP) is 2.70. The van der Waals surface area contributed by atoms with Crippen LogP contribution in [0.1, 0.15) is 50.6 Å². The Labute approximate surface area is 84.6 Å². The second-order valence-corrected chi connectivity index (χ2v) is 4.45. The van der Waals surface area contributed by atoms with Crippen molar-refractivity contribution >= 4 is 0 Å². The van der Waals surface area contributed by atoms with E-state index in [1.165, 1.54) is 24.8 Å². The topological polar surface area (TPSA) is 22.0 Å². The molecule has 0 unspecified atom stereocenters. The van der Waals surface area contributed by atoms with Crippen LogP contribution in [-0.2, 0) is 0 Å². The molecule has 0 spiro atoms. The van der Waals surface area contributed by atoms with Crippen molar-refractivity contribution in [3.8, 4) is 0 Å². The second kappa shape index (κ2) is 3.60. The number of nitrogens with zero attached hydrogens (tertiary/aromatic N) is 1. The fourth-order valence-electron chi connectivity index (χ4n) is 1.81. The number of rotatable bonds is 2. The Morgan fingerprint density at radius 3 is 2.57 bits per heavy atom. The van der Waals surface area contributed by atoms with E-state index in [0.717, 1.165) is 0 Å². The molecule has 76 valence electrons. The third-order valence-corrected chi connectivity index (χ3v) is 3.10. The van der Waals surface area contributed by atoms with Gasteiger partial charge in [-0.15, -0.1) is 0 Å². The van der Waals surface area contributed by atoms with Gasteiger partial charge < -0.3 is 4.57 Å². The molecular formula is C12H17NO. The molecule has 0 aliphatic heterocycles. The molecule has 14 heavy (non-hydrogen) atoms. The molecule has 1 aromatic heterocycles. The Kier molecular flexibility index (Phi) is 2.44. The summed E-state index contributed by atoms with van der Waals surface area (Å²) in [5.74, 6) is 0.502. The Hall–Kier alpha value is -1.05. The van der Waals surface area contributed by atoms with Crippen molar-refractivity contribution in [1.29, 1.82) is 0 Å². The van der Waals surface area contributed by atoms with Crippen molar-refractivity contribution in [1.82, 2.24) is 4.57 Å². The normalized spacial score (nSPS) is 17.1. The maximum absolute atomic E-state index is 11.6. The van der Waals surface area contributed by atoms with Crippen LogP contribution in [0, 0.1) is 0 Å². The van der Waals surface area contributed by atoms with E-state index >= 15 is 0 Å². The first-order chi connectivity index (χ1) is 6.68. The van der Waals surface area contributed by atoms with Gasteiger partial charge in [0.1, 0.15) is 0 Å². The Morgan fingerprint density at radius 2 is 2.07 bits per heavy atom. The summed E-state index contributed by atoms with van der Waals surface area (Å²) in [4.78, 5) is 11.6. The fraction of sp³-hybridized carbons (Fsp3) is 0.583. The standard InChI is InChI=1S/C12H17NO/c1-9(2)10-6-7-12(14)13(8-10)11-4-3-5-11/h6-9,11H,3-5H2,1-2H3. The quantitative estimate of drug-likeness (QED) is 0.704. The van der Waals surface area contributed by atoms with Gasteiger partial charge in [0.2, 0.25) is 0 Å². The van der Waals surface area contributed by atoms with Crippen LogP contribution < -0.4 is 5.56 Å². The Bertz CT molecular complexity index is 374. The van der Waals surface area contributed by atoms with E-state index in [-0.39, 0.29) is 5.56 Å². The molecule has 0 N–H and O–H groups in total. The highest BCUT2D eigenvalue weighted by molar-refractivity contribution is 5.14. The summed E-state index contributed by atoms with van der Waals surface area (Å²) in [7, 11) is 0. The maximum Gasteiger partial charge on any atom is 0.250 e. The largest absolute Gasteiger partial charge is 0.312 e. The van der Waals surface area contributed by atoms with Crippen LogP contribution in [0.3, 0.4) is 0 Å². The van der Waals surface area contributed by atoms with Crippen molar-refractivity contribution < 1.29 is 0 Å². The summed E-state index contributed by atoms with van der Waals surface area (Å²) >= 11 is 0. The molecule has 0 radical (unpaired) electrons. The van der Waals surface area contributed by atoms with E-state index < -0.39 is 0 Å². The zero-order valence-corrected chi connectivity index (χ0v) is 8.86. The molecule has 2 heteroatoms. The van der Waals surface area contributed by atoms with E-state index in [2.05, 4.69) is 13.8 Å². The monoisotopic (exact) mass is 191 g/mol. The average molecular weight is 191 g/mol. The molecular weight excluding hydrogens is 174 g/mol. The third kappa shape index (κ3) is 1.61. The Balaban J connectivity index is 2.36. The van der Waals surface area contributed by atoms with Gasteiger partial charge in [0.25, 0.3) is 5.56 Å². The van der Waals surface area contributed by atoms with Crippen LogP contribution in [0.15, 0.2) is 23.1 Å². The van der Waals surface area contributed by atoms with Crippen molar-refractivity contribution in [2.24, 2.45) is 0 Å². The van der Waals surface area contributed by atoms with Gasteiger partial charge in [-0.05, 0) is 30.7 Å². The number of hydrogen-bond acceptors (Lipinski definition) is 1. The van der Waals surface area contributed by atoms with Gasteiger partial charge in [-0.3, -0.25) is 4.79 Å². The first-order valence-corrected chi connectivity index (χ1v) is 5.40. The first-order valence-electron chi connectivity index (χ1n) is 5.40. The summed E-state index contributed by atoms with van der Waals surface area (Å²) in [5.41, 5.74) is 1.41. The predicted molar refractivity (Wildman–Crippen MR) is 57.7 cm³/mol. The highest BCUT2D eigenvalue weighted by Gasteiger charge is 2.20. The van der Waals surface area contributed by atoms with E-state index in [1.54, 1.807) is 6.07 Å². The van der Waals surface area contributed by atoms with Gasteiger partial charge >= 0.3 is 0 Å². The molecule has 1 aliphatic rings. The highest BCUT2D eigenvalue weighted by atomic mass is 16.1. The molecule has 1 aromatic rings. The number of hydrogen-bond donors (Lipinski definition) is 0. The molecule has 0 amide bonds. The molecule has 1 aliphatic carbocycles. The van der Waals surface area contributed by atoms with Crippen LogP contribution in [0.5, 0.6) is 0 Å². The molecule has 1 saturated carbocycles. The van der Waals surface area contributed by atoms with Gasteiger partial charge in [0.15, 0.2) is 0 Å². The van der Waals surface area contributed by atoms with E-state index in [4.69, 9.17) is 0 Å². The van der Waals surface area contributed by atoms with Gasteiger partial charge in [0, 0.05) is 18.3 Å². The van der Waals surface area contributed by atoms with Gasteiger partial charge in [0.05, 0.1) is 0 Å². The number of aromatic nitrogens is 1. The molecule has 0 bridgehead atoms. The number of pyridine rings is 1. The SMILES string of the molecule is CC(C)c1ccc(=O)n(C2CCC2)c1. The Morgan fingerprint density at radius 1 is 1.36 bits per heavy atom. The lowest BCUT2D eigenvalue weighted by Gasteiger charge is -2.28. The van der Waals surface area contributed by atoms with Gasteiger partial charge in [-0.25, -0.2) is 0 Å². The van der Waals surface area contributed by atoms with Gasteiger partial charge in [-0.1, -0.05) is 19.9 Å². The minimum atomic E-state index is 0.152. The molecule has 2 nitrogen and oxygen atoms in total. The molecule has 0 atom stereocenters. The lowest BCUT2D eigenvalue weighted by Crippen LogP contribution is -2.28. The zero-order chi connectivity index (χ0) is 10.1. The lowest BCUT2D eigenvalue weighted by molar-refractivity contribution is 0.305.